The van der Waals surface area contributed by atoms with Crippen LogP contribution >= 0.6 is 0 Å². The van der Waals surface area contributed by atoms with Gasteiger partial charge in [-0.15, -0.1) is 0 Å². The fourth-order valence-corrected chi connectivity index (χ4v) is 1.56. The third-order valence-electron chi connectivity index (χ3n) is 2.13. The van der Waals surface area contributed by atoms with Gasteiger partial charge in [0, 0.05) is 12.2 Å². The molecule has 0 radical (unpaired) electrons. The van der Waals surface area contributed by atoms with E-state index >= 15 is 0 Å². The van der Waals surface area contributed by atoms with Crippen LogP contribution in [0.2, 0.25) is 0 Å². The number of nitrogens with zero attached hydrogens (tertiary/aromatic N) is 3. The van der Waals surface area contributed by atoms with E-state index in [9.17, 15) is 0 Å². The maximum Gasteiger partial charge on any atom is 0.107 e. The van der Waals surface area contributed by atoms with Gasteiger partial charge in [0.15, 0.2) is 0 Å². The van der Waals surface area contributed by atoms with E-state index in [1.165, 1.54) is 24.8 Å². The molecule has 0 saturated heterocycles. The van der Waals surface area contributed by atoms with E-state index < -0.39 is 0 Å². The van der Waals surface area contributed by atoms with E-state index in [2.05, 4.69) is 10.3 Å². The zero-order chi connectivity index (χ0) is 8.39. The van der Waals surface area contributed by atoms with Crippen molar-refractivity contribution in [3.63, 3.8) is 0 Å². The molecule has 0 fully saturated rings. The van der Waals surface area contributed by atoms with E-state index in [4.69, 9.17) is 5.21 Å². The van der Waals surface area contributed by atoms with Gasteiger partial charge in [-0.2, -0.15) is 5.10 Å². The molecule has 1 aliphatic rings. The number of hydrogen-bond donors (Lipinski definition) is 1. The van der Waals surface area contributed by atoms with Crippen LogP contribution in [0.25, 0.3) is 0 Å². The lowest BCUT2D eigenvalue weighted by molar-refractivity contribution is 0.321. The van der Waals surface area contributed by atoms with Gasteiger partial charge >= 0.3 is 0 Å². The van der Waals surface area contributed by atoms with Crippen LogP contribution in [0, 0.1) is 0 Å². The molecule has 1 aromatic rings. The van der Waals surface area contributed by atoms with Gasteiger partial charge < -0.3 is 5.21 Å². The number of fused-ring (bicyclic) bond motifs is 1. The molecule has 4 nitrogen and oxygen atoms in total. The van der Waals surface area contributed by atoms with Crippen molar-refractivity contribution in [1.82, 2.24) is 9.78 Å². The Hall–Kier alpha value is -1.32. The highest BCUT2D eigenvalue weighted by molar-refractivity contribution is 5.76. The molecule has 1 N–H and O–H groups in total. The van der Waals surface area contributed by atoms with Gasteiger partial charge in [0.25, 0.3) is 0 Å². The molecule has 0 atom stereocenters. The van der Waals surface area contributed by atoms with Crippen molar-refractivity contribution >= 4 is 6.21 Å². The number of aryl methyl sites for hydroxylation is 2. The first-order chi connectivity index (χ1) is 5.90. The molecule has 0 spiro atoms. The highest BCUT2D eigenvalue weighted by atomic mass is 16.4. The van der Waals surface area contributed by atoms with Gasteiger partial charge in [0.2, 0.25) is 0 Å². The lowest BCUT2D eigenvalue weighted by Crippen LogP contribution is -2.10. The van der Waals surface area contributed by atoms with E-state index in [1.807, 2.05) is 10.7 Å². The second-order valence-corrected chi connectivity index (χ2v) is 2.99. The Morgan fingerprint density at radius 3 is 3.25 bits per heavy atom. The average molecular weight is 165 g/mol. The van der Waals surface area contributed by atoms with Crippen molar-refractivity contribution in [2.45, 2.75) is 25.8 Å². The Balaban J connectivity index is 2.31. The molecule has 1 aliphatic heterocycles. The Bertz CT molecular complexity index is 280. The third kappa shape index (κ3) is 1.20. The number of oxime groups is 1. The first-order valence-corrected chi connectivity index (χ1v) is 4.14. The van der Waals surface area contributed by atoms with Crippen LogP contribution < -0.4 is 0 Å². The van der Waals surface area contributed by atoms with Gasteiger partial charge in [0.1, 0.15) is 5.69 Å². The van der Waals surface area contributed by atoms with Crippen LogP contribution in [0.4, 0.5) is 0 Å². The van der Waals surface area contributed by atoms with E-state index in [0.717, 1.165) is 18.7 Å². The molecule has 0 amide bonds. The molecule has 64 valence electrons. The van der Waals surface area contributed by atoms with Crippen molar-refractivity contribution in [3.05, 3.63) is 17.5 Å². The van der Waals surface area contributed by atoms with Gasteiger partial charge in [-0.3, -0.25) is 4.68 Å². The topological polar surface area (TPSA) is 50.4 Å². The van der Waals surface area contributed by atoms with Gasteiger partial charge in [0.05, 0.1) is 6.21 Å². The Morgan fingerprint density at radius 2 is 2.50 bits per heavy atom. The molecule has 0 aliphatic carbocycles. The number of rotatable bonds is 1. The maximum absolute atomic E-state index is 8.30. The SMILES string of the molecule is ON=Cc1cc2n(n1)CCCC2. The zero-order valence-corrected chi connectivity index (χ0v) is 6.77. The lowest BCUT2D eigenvalue weighted by atomic mass is 10.1. The predicted molar refractivity (Wildman–Crippen MR) is 44.5 cm³/mol. The van der Waals surface area contributed by atoms with E-state index in [-0.39, 0.29) is 0 Å². The highest BCUT2D eigenvalue weighted by Gasteiger charge is 2.10. The molecule has 0 saturated carbocycles. The molecular weight excluding hydrogens is 154 g/mol. The summed E-state index contributed by atoms with van der Waals surface area (Å²) in [5.41, 5.74) is 1.99. The Morgan fingerprint density at radius 1 is 1.58 bits per heavy atom. The maximum atomic E-state index is 8.30. The van der Waals surface area contributed by atoms with E-state index in [1.54, 1.807) is 0 Å². The third-order valence-corrected chi connectivity index (χ3v) is 2.13. The molecule has 4 heteroatoms. The predicted octanol–water partition coefficient (Wildman–Crippen LogP) is 1.03. The van der Waals surface area contributed by atoms with Crippen LogP contribution in [0.1, 0.15) is 24.2 Å². The zero-order valence-electron chi connectivity index (χ0n) is 6.77. The van der Waals surface area contributed by atoms with Gasteiger partial charge in [-0.05, 0) is 25.3 Å². The molecule has 0 aromatic carbocycles. The summed E-state index contributed by atoms with van der Waals surface area (Å²) in [5.74, 6) is 0. The summed E-state index contributed by atoms with van der Waals surface area (Å²) in [5, 5.41) is 15.5. The first-order valence-electron chi connectivity index (χ1n) is 4.14. The van der Waals surface area contributed by atoms with Crippen molar-refractivity contribution in [2.24, 2.45) is 5.16 Å². The van der Waals surface area contributed by atoms with Gasteiger partial charge in [-0.25, -0.2) is 0 Å². The van der Waals surface area contributed by atoms with Crippen molar-refractivity contribution in [2.75, 3.05) is 0 Å². The molecule has 2 rings (SSSR count). The summed E-state index contributed by atoms with van der Waals surface area (Å²) >= 11 is 0. The minimum absolute atomic E-state index is 0.745. The Kier molecular flexibility index (Phi) is 1.81. The van der Waals surface area contributed by atoms with E-state index in [0.29, 0.717) is 0 Å². The standard InChI is InChI=1S/C8H11N3O/c12-9-6-7-5-8-3-1-2-4-11(8)10-7/h5-6,12H,1-4H2. The summed E-state index contributed by atoms with van der Waals surface area (Å²) in [4.78, 5) is 0. The van der Waals surface area contributed by atoms with Crippen LogP contribution in [0.5, 0.6) is 0 Å². The summed E-state index contributed by atoms with van der Waals surface area (Å²) in [6.45, 7) is 0.995. The second kappa shape index (κ2) is 2.97. The van der Waals surface area contributed by atoms with Crippen LogP contribution in [-0.2, 0) is 13.0 Å². The fraction of sp³-hybridized carbons (Fsp3) is 0.500. The quantitative estimate of drug-likeness (QED) is 0.384. The minimum Gasteiger partial charge on any atom is -0.411 e. The summed E-state index contributed by atoms with van der Waals surface area (Å²) in [7, 11) is 0. The van der Waals surface area contributed by atoms with Crippen molar-refractivity contribution in [3.8, 4) is 0 Å². The molecule has 12 heavy (non-hydrogen) atoms. The molecule has 0 unspecified atom stereocenters. The molecule has 0 bridgehead atoms. The fourth-order valence-electron chi connectivity index (χ4n) is 1.56. The minimum atomic E-state index is 0.745. The van der Waals surface area contributed by atoms with Gasteiger partial charge in [-0.1, -0.05) is 5.16 Å². The van der Waals surface area contributed by atoms with Crippen LogP contribution in [0.3, 0.4) is 0 Å². The lowest BCUT2D eigenvalue weighted by Gasteiger charge is -2.11. The average Bonchev–Trinajstić information content (AvgIpc) is 2.47. The summed E-state index contributed by atoms with van der Waals surface area (Å²) in [6.07, 6.45) is 4.89. The molecule has 1 aromatic heterocycles. The Labute approximate surface area is 70.5 Å². The number of hydrogen-bond acceptors (Lipinski definition) is 3. The highest BCUT2D eigenvalue weighted by Crippen LogP contribution is 2.14. The molecule has 2 heterocycles. The monoisotopic (exact) mass is 165 g/mol. The molecular formula is C8H11N3O. The number of aromatic nitrogens is 2. The first kappa shape index (κ1) is 7.34. The summed E-state index contributed by atoms with van der Waals surface area (Å²) in [6, 6.07) is 1.97. The van der Waals surface area contributed by atoms with Crippen molar-refractivity contribution in [1.29, 1.82) is 0 Å². The smallest absolute Gasteiger partial charge is 0.107 e. The van der Waals surface area contributed by atoms with Crippen molar-refractivity contribution < 1.29 is 5.21 Å². The second-order valence-electron chi connectivity index (χ2n) is 2.99. The van der Waals surface area contributed by atoms with Crippen LogP contribution in [-0.4, -0.2) is 21.2 Å². The normalized spacial score (nSPS) is 16.7. The largest absolute Gasteiger partial charge is 0.411 e. The summed E-state index contributed by atoms with van der Waals surface area (Å²) < 4.78 is 1.99. The van der Waals surface area contributed by atoms with Crippen LogP contribution in [0.15, 0.2) is 11.2 Å².